The van der Waals surface area contributed by atoms with Crippen LogP contribution in [0.4, 0.5) is 5.69 Å². The summed E-state index contributed by atoms with van der Waals surface area (Å²) in [6, 6.07) is 19.3. The maximum absolute atomic E-state index is 3.32. The van der Waals surface area contributed by atoms with Crippen LogP contribution in [-0.2, 0) is 12.8 Å². The van der Waals surface area contributed by atoms with Crippen LogP contribution in [0, 0.1) is 5.92 Å². The number of hydrogen-bond donors (Lipinski definition) is 2. The lowest BCUT2D eigenvalue weighted by Crippen LogP contribution is -2.27. The van der Waals surface area contributed by atoms with E-state index in [0.29, 0.717) is 5.92 Å². The highest BCUT2D eigenvalue weighted by Crippen LogP contribution is 2.22. The van der Waals surface area contributed by atoms with Crippen LogP contribution in [0.1, 0.15) is 11.1 Å². The molecule has 1 aliphatic rings. The average Bonchev–Trinajstić information content (AvgIpc) is 2.61. The molecule has 0 bridgehead atoms. The quantitative estimate of drug-likeness (QED) is 0.840. The monoisotopic (exact) mass is 238 g/mol. The van der Waals surface area contributed by atoms with Crippen molar-refractivity contribution >= 4 is 5.69 Å². The van der Waals surface area contributed by atoms with Gasteiger partial charge >= 0.3 is 0 Å². The van der Waals surface area contributed by atoms with Gasteiger partial charge in [0.25, 0.3) is 0 Å². The number of hydrazine groups is 1. The first kappa shape index (κ1) is 11.3. The standard InChI is InChI=1S/C16H18N2/c1-2-6-13(7-3-1)10-14-11-15-8-4-5-9-16(15)18-17-12-14/h1-9,14,17-18H,10-12H2. The molecule has 2 aromatic carbocycles. The summed E-state index contributed by atoms with van der Waals surface area (Å²) in [7, 11) is 0. The molecule has 0 aromatic heterocycles. The third-order valence-corrected chi connectivity index (χ3v) is 3.51. The number of fused-ring (bicyclic) bond motifs is 1. The molecule has 0 aliphatic carbocycles. The summed E-state index contributed by atoms with van der Waals surface area (Å²) < 4.78 is 0. The third-order valence-electron chi connectivity index (χ3n) is 3.51. The van der Waals surface area contributed by atoms with E-state index in [0.717, 1.165) is 19.4 Å². The van der Waals surface area contributed by atoms with Crippen LogP contribution in [0.3, 0.4) is 0 Å². The Kier molecular flexibility index (Phi) is 3.29. The Bertz CT molecular complexity index is 508. The van der Waals surface area contributed by atoms with Gasteiger partial charge in [-0.3, -0.25) is 0 Å². The second kappa shape index (κ2) is 5.23. The van der Waals surface area contributed by atoms with Gasteiger partial charge in [-0.15, -0.1) is 0 Å². The molecule has 0 saturated heterocycles. The predicted octanol–water partition coefficient (Wildman–Crippen LogP) is 3.02. The Morgan fingerprint density at radius 1 is 0.944 bits per heavy atom. The summed E-state index contributed by atoms with van der Waals surface area (Å²) in [6.07, 6.45) is 2.26. The Morgan fingerprint density at radius 2 is 1.72 bits per heavy atom. The van der Waals surface area contributed by atoms with Gasteiger partial charge < -0.3 is 5.43 Å². The number of benzene rings is 2. The fourth-order valence-corrected chi connectivity index (χ4v) is 2.59. The van der Waals surface area contributed by atoms with E-state index in [1.807, 2.05) is 0 Å². The first-order valence-corrected chi connectivity index (χ1v) is 6.52. The zero-order chi connectivity index (χ0) is 12.2. The molecule has 3 rings (SSSR count). The molecule has 1 heterocycles. The second-order valence-corrected chi connectivity index (χ2v) is 4.92. The van der Waals surface area contributed by atoms with Gasteiger partial charge in [-0.25, -0.2) is 5.43 Å². The number of para-hydroxylation sites is 1. The van der Waals surface area contributed by atoms with Crippen molar-refractivity contribution in [2.24, 2.45) is 5.92 Å². The summed E-state index contributed by atoms with van der Waals surface area (Å²) in [4.78, 5) is 0. The lowest BCUT2D eigenvalue weighted by atomic mass is 9.92. The molecule has 1 atom stereocenters. The summed E-state index contributed by atoms with van der Waals surface area (Å²) in [5.74, 6) is 0.642. The van der Waals surface area contributed by atoms with Gasteiger partial charge in [0, 0.05) is 6.54 Å². The van der Waals surface area contributed by atoms with Gasteiger partial charge in [0.15, 0.2) is 0 Å². The van der Waals surface area contributed by atoms with Crippen molar-refractivity contribution in [3.05, 3.63) is 65.7 Å². The van der Waals surface area contributed by atoms with Crippen molar-refractivity contribution in [1.29, 1.82) is 0 Å². The minimum absolute atomic E-state index is 0.642. The summed E-state index contributed by atoms with van der Waals surface area (Å²) in [6.45, 7) is 1.00. The van der Waals surface area contributed by atoms with Gasteiger partial charge in [0.2, 0.25) is 0 Å². The van der Waals surface area contributed by atoms with Crippen LogP contribution in [0.5, 0.6) is 0 Å². The van der Waals surface area contributed by atoms with E-state index in [4.69, 9.17) is 0 Å². The van der Waals surface area contributed by atoms with Gasteiger partial charge in [-0.1, -0.05) is 48.5 Å². The molecular weight excluding hydrogens is 220 g/mol. The third kappa shape index (κ3) is 2.54. The SMILES string of the molecule is c1ccc(CC2CNNc3ccccc3C2)cc1. The smallest absolute Gasteiger partial charge is 0.0519 e. The lowest BCUT2D eigenvalue weighted by Gasteiger charge is -2.14. The normalized spacial score (nSPS) is 18.6. The second-order valence-electron chi connectivity index (χ2n) is 4.92. The number of hydrogen-bond acceptors (Lipinski definition) is 2. The molecule has 0 amide bonds. The highest BCUT2D eigenvalue weighted by molar-refractivity contribution is 5.51. The first-order chi connectivity index (χ1) is 8.92. The average molecular weight is 238 g/mol. The maximum Gasteiger partial charge on any atom is 0.0519 e. The van der Waals surface area contributed by atoms with E-state index >= 15 is 0 Å². The molecule has 2 aromatic rings. The molecule has 0 saturated carbocycles. The van der Waals surface area contributed by atoms with Crippen molar-refractivity contribution in [2.75, 3.05) is 12.0 Å². The van der Waals surface area contributed by atoms with Crippen molar-refractivity contribution < 1.29 is 0 Å². The van der Waals surface area contributed by atoms with Crippen LogP contribution in [-0.4, -0.2) is 6.54 Å². The summed E-state index contributed by atoms with van der Waals surface area (Å²) in [5.41, 5.74) is 10.7. The number of nitrogens with one attached hydrogen (secondary N) is 2. The summed E-state index contributed by atoms with van der Waals surface area (Å²) in [5, 5.41) is 0. The van der Waals surface area contributed by atoms with E-state index in [1.54, 1.807) is 0 Å². The van der Waals surface area contributed by atoms with Crippen LogP contribution in [0.25, 0.3) is 0 Å². The molecule has 18 heavy (non-hydrogen) atoms. The van der Waals surface area contributed by atoms with Crippen molar-refractivity contribution in [2.45, 2.75) is 12.8 Å². The van der Waals surface area contributed by atoms with Crippen LogP contribution < -0.4 is 10.9 Å². The largest absolute Gasteiger partial charge is 0.321 e. The molecule has 2 nitrogen and oxygen atoms in total. The minimum atomic E-state index is 0.642. The van der Waals surface area contributed by atoms with Crippen molar-refractivity contribution in [3.63, 3.8) is 0 Å². The topological polar surface area (TPSA) is 24.1 Å². The molecule has 0 radical (unpaired) electrons. The number of anilines is 1. The van der Waals surface area contributed by atoms with Crippen LogP contribution in [0.2, 0.25) is 0 Å². The fourth-order valence-electron chi connectivity index (χ4n) is 2.59. The highest BCUT2D eigenvalue weighted by atomic mass is 15.4. The van der Waals surface area contributed by atoms with Crippen LogP contribution >= 0.6 is 0 Å². The van der Waals surface area contributed by atoms with Crippen LogP contribution in [0.15, 0.2) is 54.6 Å². The molecule has 1 unspecified atom stereocenters. The van der Waals surface area contributed by atoms with Crippen molar-refractivity contribution in [1.82, 2.24) is 5.43 Å². The Morgan fingerprint density at radius 3 is 2.61 bits per heavy atom. The molecule has 1 aliphatic heterocycles. The van der Waals surface area contributed by atoms with Crippen molar-refractivity contribution in [3.8, 4) is 0 Å². The fraction of sp³-hybridized carbons (Fsp3) is 0.250. The van der Waals surface area contributed by atoms with Gasteiger partial charge in [0.05, 0.1) is 5.69 Å². The van der Waals surface area contributed by atoms with E-state index in [-0.39, 0.29) is 0 Å². The van der Waals surface area contributed by atoms with Gasteiger partial charge in [-0.05, 0) is 36.0 Å². The molecule has 2 N–H and O–H groups in total. The first-order valence-electron chi connectivity index (χ1n) is 6.52. The highest BCUT2D eigenvalue weighted by Gasteiger charge is 2.16. The Balaban J connectivity index is 1.75. The van der Waals surface area contributed by atoms with E-state index < -0.39 is 0 Å². The maximum atomic E-state index is 3.32. The Labute approximate surface area is 108 Å². The minimum Gasteiger partial charge on any atom is -0.321 e. The Hall–Kier alpha value is -1.80. The zero-order valence-electron chi connectivity index (χ0n) is 10.4. The van der Waals surface area contributed by atoms with E-state index in [2.05, 4.69) is 65.4 Å². The van der Waals surface area contributed by atoms with Gasteiger partial charge in [-0.2, -0.15) is 0 Å². The molecule has 0 fully saturated rings. The molecule has 0 spiro atoms. The number of rotatable bonds is 2. The van der Waals surface area contributed by atoms with E-state index in [1.165, 1.54) is 16.8 Å². The molecule has 92 valence electrons. The van der Waals surface area contributed by atoms with E-state index in [9.17, 15) is 0 Å². The van der Waals surface area contributed by atoms with Gasteiger partial charge in [0.1, 0.15) is 0 Å². The molecule has 2 heteroatoms. The zero-order valence-corrected chi connectivity index (χ0v) is 10.4. The summed E-state index contributed by atoms with van der Waals surface area (Å²) >= 11 is 0. The predicted molar refractivity (Wildman–Crippen MR) is 75.4 cm³/mol. The molecular formula is C16H18N2. The lowest BCUT2D eigenvalue weighted by molar-refractivity contribution is 0.503.